The molecule has 3 aromatic carbocycles. The van der Waals surface area contributed by atoms with Crippen LogP contribution in [0.1, 0.15) is 16.7 Å². The Bertz CT molecular complexity index is 1230. The Morgan fingerprint density at radius 2 is 1.65 bits per heavy atom. The van der Waals surface area contributed by atoms with E-state index in [4.69, 9.17) is 4.74 Å². The van der Waals surface area contributed by atoms with E-state index in [0.717, 1.165) is 16.0 Å². The molecule has 0 bridgehead atoms. The number of para-hydroxylation sites is 1. The van der Waals surface area contributed by atoms with Crippen molar-refractivity contribution in [2.75, 3.05) is 17.3 Å². The first-order valence-corrected chi connectivity index (χ1v) is 9.77. The van der Waals surface area contributed by atoms with Crippen LogP contribution < -0.4 is 15.0 Å². The average molecular weight is 416 g/mol. The maximum Gasteiger partial charge on any atom is 0.282 e. The van der Waals surface area contributed by atoms with Gasteiger partial charge in [-0.05, 0) is 55.3 Å². The van der Waals surface area contributed by atoms with Gasteiger partial charge in [0.25, 0.3) is 11.8 Å². The fourth-order valence-electron chi connectivity index (χ4n) is 3.65. The van der Waals surface area contributed by atoms with Crippen LogP contribution in [0.15, 0.2) is 72.4 Å². The maximum absolute atomic E-state index is 13.8. The van der Waals surface area contributed by atoms with Gasteiger partial charge in [0.15, 0.2) is 0 Å². The summed E-state index contributed by atoms with van der Waals surface area (Å²) in [7, 11) is 1.50. The highest BCUT2D eigenvalue weighted by molar-refractivity contribution is 6.46. The van der Waals surface area contributed by atoms with Crippen molar-refractivity contribution < 1.29 is 18.7 Å². The number of carbonyl (C=O) groups is 2. The van der Waals surface area contributed by atoms with Crippen LogP contribution in [0.4, 0.5) is 15.8 Å². The molecule has 5 nitrogen and oxygen atoms in total. The molecule has 0 aliphatic carbocycles. The van der Waals surface area contributed by atoms with E-state index in [1.165, 1.54) is 25.3 Å². The third-order valence-corrected chi connectivity index (χ3v) is 5.37. The zero-order chi connectivity index (χ0) is 22.1. The minimum absolute atomic E-state index is 0.0704. The normalized spacial score (nSPS) is 13.7. The molecule has 1 heterocycles. The third-order valence-electron chi connectivity index (χ3n) is 5.37. The van der Waals surface area contributed by atoms with Gasteiger partial charge in [-0.15, -0.1) is 0 Å². The lowest BCUT2D eigenvalue weighted by Crippen LogP contribution is -2.33. The van der Waals surface area contributed by atoms with Crippen molar-refractivity contribution in [1.29, 1.82) is 0 Å². The second kappa shape index (κ2) is 8.07. The molecule has 1 aliphatic heterocycles. The fourth-order valence-corrected chi connectivity index (χ4v) is 3.65. The number of anilines is 2. The van der Waals surface area contributed by atoms with E-state index in [0.29, 0.717) is 22.7 Å². The molecule has 0 spiro atoms. The van der Waals surface area contributed by atoms with Gasteiger partial charge in [-0.1, -0.05) is 36.4 Å². The lowest BCUT2D eigenvalue weighted by Gasteiger charge is -2.19. The SMILES string of the molecule is COc1ccccc1C1=C(Nc2cccc(F)c2)C(=O)N(c2cccc(C)c2C)C1=O. The number of carbonyl (C=O) groups excluding carboxylic acids is 2. The Morgan fingerprint density at radius 1 is 0.903 bits per heavy atom. The van der Waals surface area contributed by atoms with Gasteiger partial charge in [0.2, 0.25) is 0 Å². The van der Waals surface area contributed by atoms with Gasteiger partial charge in [0, 0.05) is 11.3 Å². The summed E-state index contributed by atoms with van der Waals surface area (Å²) < 4.78 is 19.2. The van der Waals surface area contributed by atoms with Crippen molar-refractivity contribution in [1.82, 2.24) is 0 Å². The van der Waals surface area contributed by atoms with E-state index in [9.17, 15) is 14.0 Å². The maximum atomic E-state index is 13.8. The number of nitrogens with zero attached hydrogens (tertiary/aromatic N) is 1. The molecule has 0 atom stereocenters. The van der Waals surface area contributed by atoms with Gasteiger partial charge in [0.05, 0.1) is 18.4 Å². The topological polar surface area (TPSA) is 58.6 Å². The molecule has 0 aromatic heterocycles. The highest BCUT2D eigenvalue weighted by atomic mass is 19.1. The number of ether oxygens (including phenoxy) is 1. The molecule has 0 fully saturated rings. The molecule has 0 saturated carbocycles. The lowest BCUT2D eigenvalue weighted by molar-refractivity contribution is -0.120. The van der Waals surface area contributed by atoms with Gasteiger partial charge >= 0.3 is 0 Å². The highest BCUT2D eigenvalue weighted by Gasteiger charge is 2.41. The molecule has 156 valence electrons. The predicted octanol–water partition coefficient (Wildman–Crippen LogP) is 4.85. The quantitative estimate of drug-likeness (QED) is 0.604. The van der Waals surface area contributed by atoms with Crippen molar-refractivity contribution in [3.8, 4) is 5.75 Å². The largest absolute Gasteiger partial charge is 0.496 e. The number of nitrogens with one attached hydrogen (secondary N) is 1. The molecule has 6 heteroatoms. The lowest BCUT2D eigenvalue weighted by atomic mass is 10.0. The van der Waals surface area contributed by atoms with Crippen molar-refractivity contribution in [2.45, 2.75) is 13.8 Å². The molecule has 0 radical (unpaired) electrons. The van der Waals surface area contributed by atoms with Gasteiger partial charge in [-0.2, -0.15) is 0 Å². The second-order valence-corrected chi connectivity index (χ2v) is 7.25. The number of methoxy groups -OCH3 is 1. The van der Waals surface area contributed by atoms with Crippen molar-refractivity contribution >= 4 is 28.8 Å². The summed E-state index contributed by atoms with van der Waals surface area (Å²) in [6.45, 7) is 3.79. The Kier molecular flexibility index (Phi) is 5.29. The van der Waals surface area contributed by atoms with E-state index in [2.05, 4.69) is 5.32 Å². The molecule has 31 heavy (non-hydrogen) atoms. The zero-order valence-corrected chi connectivity index (χ0v) is 17.4. The molecular weight excluding hydrogens is 395 g/mol. The smallest absolute Gasteiger partial charge is 0.282 e. The predicted molar refractivity (Wildman–Crippen MR) is 118 cm³/mol. The van der Waals surface area contributed by atoms with Crippen LogP contribution in [0.25, 0.3) is 5.57 Å². The van der Waals surface area contributed by atoms with E-state index in [-0.39, 0.29) is 11.3 Å². The number of amides is 2. The van der Waals surface area contributed by atoms with Gasteiger partial charge in [0.1, 0.15) is 17.3 Å². The Balaban J connectivity index is 1.90. The fraction of sp³-hybridized carbons (Fsp3) is 0.120. The van der Waals surface area contributed by atoms with Crippen LogP contribution in [0.2, 0.25) is 0 Å². The summed E-state index contributed by atoms with van der Waals surface area (Å²) in [6.07, 6.45) is 0. The summed E-state index contributed by atoms with van der Waals surface area (Å²) in [5.41, 5.74) is 3.40. The number of hydrogen-bond donors (Lipinski definition) is 1. The van der Waals surface area contributed by atoms with Gasteiger partial charge in [-0.25, -0.2) is 9.29 Å². The van der Waals surface area contributed by atoms with Crippen LogP contribution in [-0.2, 0) is 9.59 Å². The summed E-state index contributed by atoms with van der Waals surface area (Å²) in [5.74, 6) is -0.974. The first kappa shape index (κ1) is 20.3. The van der Waals surface area contributed by atoms with E-state index in [1.54, 1.807) is 42.5 Å². The number of rotatable bonds is 5. The zero-order valence-electron chi connectivity index (χ0n) is 17.4. The average Bonchev–Trinajstić information content (AvgIpc) is 2.99. The summed E-state index contributed by atoms with van der Waals surface area (Å²) in [5, 5.41) is 2.97. The van der Waals surface area contributed by atoms with Crippen LogP contribution >= 0.6 is 0 Å². The summed E-state index contributed by atoms with van der Waals surface area (Å²) in [4.78, 5) is 28.3. The number of hydrogen-bond acceptors (Lipinski definition) is 4. The minimum atomic E-state index is -0.510. The molecule has 2 amide bonds. The summed E-state index contributed by atoms with van der Waals surface area (Å²) >= 11 is 0. The van der Waals surface area contributed by atoms with Crippen LogP contribution in [-0.4, -0.2) is 18.9 Å². The number of halogens is 1. The molecule has 1 N–H and O–H groups in total. The van der Waals surface area contributed by atoms with E-state index >= 15 is 0 Å². The molecular formula is C25H21FN2O3. The van der Waals surface area contributed by atoms with Crippen LogP contribution in [0.5, 0.6) is 5.75 Å². The first-order chi connectivity index (χ1) is 14.9. The standard InChI is InChI=1S/C25H21FN2O3/c1-15-8-6-12-20(16(15)2)28-24(29)22(19-11-4-5-13-21(19)31-3)23(25(28)30)27-18-10-7-9-17(26)14-18/h4-14,27H,1-3H3. The number of aryl methyl sites for hydroxylation is 1. The Hall–Kier alpha value is -3.93. The molecule has 0 unspecified atom stereocenters. The van der Waals surface area contributed by atoms with Gasteiger partial charge < -0.3 is 10.1 Å². The van der Waals surface area contributed by atoms with Gasteiger partial charge in [-0.3, -0.25) is 9.59 Å². The third kappa shape index (κ3) is 3.57. The van der Waals surface area contributed by atoms with Crippen molar-refractivity contribution in [2.24, 2.45) is 0 Å². The molecule has 4 rings (SSSR count). The second-order valence-electron chi connectivity index (χ2n) is 7.25. The Labute approximate surface area is 179 Å². The van der Waals surface area contributed by atoms with E-state index in [1.807, 2.05) is 19.9 Å². The van der Waals surface area contributed by atoms with Crippen molar-refractivity contribution in [3.63, 3.8) is 0 Å². The monoisotopic (exact) mass is 416 g/mol. The summed E-state index contributed by atoms with van der Waals surface area (Å²) in [6, 6.07) is 18.2. The number of imide groups is 1. The molecule has 3 aromatic rings. The number of benzene rings is 3. The van der Waals surface area contributed by atoms with E-state index < -0.39 is 17.6 Å². The van der Waals surface area contributed by atoms with Crippen LogP contribution in [0, 0.1) is 19.7 Å². The van der Waals surface area contributed by atoms with Crippen molar-refractivity contribution in [3.05, 3.63) is 94.9 Å². The minimum Gasteiger partial charge on any atom is -0.496 e. The Morgan fingerprint density at radius 3 is 2.39 bits per heavy atom. The molecule has 1 aliphatic rings. The highest BCUT2D eigenvalue weighted by Crippen LogP contribution is 2.38. The first-order valence-electron chi connectivity index (χ1n) is 9.77. The van der Waals surface area contributed by atoms with Crippen LogP contribution in [0.3, 0.4) is 0 Å². The molecule has 0 saturated heterocycles.